The summed E-state index contributed by atoms with van der Waals surface area (Å²) >= 11 is 0. The molecule has 0 aliphatic carbocycles. The fourth-order valence-electron chi connectivity index (χ4n) is 2.26. The quantitative estimate of drug-likeness (QED) is 0.713. The van der Waals surface area contributed by atoms with Crippen LogP contribution < -0.4 is 10.6 Å². The molecule has 0 aromatic heterocycles. The van der Waals surface area contributed by atoms with Gasteiger partial charge in [0.05, 0.1) is 5.69 Å². The van der Waals surface area contributed by atoms with E-state index < -0.39 is 0 Å². The number of hydrogen-bond donors (Lipinski definition) is 3. The number of phenols is 1. The van der Waals surface area contributed by atoms with Crippen LogP contribution in [0.4, 0.5) is 5.69 Å². The Morgan fingerprint density at radius 3 is 3.06 bits per heavy atom. The molecule has 4 heteroatoms. The highest BCUT2D eigenvalue weighted by Crippen LogP contribution is 2.25. The van der Waals surface area contributed by atoms with Crippen molar-refractivity contribution in [3.8, 4) is 5.75 Å². The van der Waals surface area contributed by atoms with E-state index in [0.29, 0.717) is 18.0 Å². The lowest BCUT2D eigenvalue weighted by molar-refractivity contribution is -0.117. The number of carbonyl (C=O) groups excluding carboxylic acids is 1. The Labute approximate surface area is 107 Å². The predicted molar refractivity (Wildman–Crippen MR) is 71.7 cm³/mol. The number of rotatable bonds is 4. The first kappa shape index (κ1) is 12.9. The van der Waals surface area contributed by atoms with Gasteiger partial charge in [-0.05, 0) is 49.5 Å². The number of amides is 1. The maximum absolute atomic E-state index is 11.9. The van der Waals surface area contributed by atoms with Crippen molar-refractivity contribution in [3.63, 3.8) is 0 Å². The third-order valence-electron chi connectivity index (χ3n) is 3.38. The molecule has 1 heterocycles. The van der Waals surface area contributed by atoms with Crippen LogP contribution in [0.15, 0.2) is 18.2 Å². The van der Waals surface area contributed by atoms with Crippen molar-refractivity contribution < 1.29 is 9.90 Å². The Hall–Kier alpha value is -1.55. The summed E-state index contributed by atoms with van der Waals surface area (Å²) < 4.78 is 0. The zero-order valence-electron chi connectivity index (χ0n) is 10.7. The molecule has 2 rings (SSSR count). The molecule has 1 aliphatic heterocycles. The second kappa shape index (κ2) is 5.87. The topological polar surface area (TPSA) is 61.4 Å². The van der Waals surface area contributed by atoms with Crippen LogP contribution in [0, 0.1) is 5.92 Å². The minimum Gasteiger partial charge on any atom is -0.506 e. The van der Waals surface area contributed by atoms with Gasteiger partial charge in [0.25, 0.3) is 0 Å². The molecular weight excluding hydrogens is 228 g/mol. The van der Waals surface area contributed by atoms with Crippen molar-refractivity contribution in [3.05, 3.63) is 23.8 Å². The number of benzene rings is 1. The summed E-state index contributed by atoms with van der Waals surface area (Å²) in [5.41, 5.74) is 1.62. The number of phenolic OH excluding ortho intramolecular Hbond substituents is 1. The highest BCUT2D eigenvalue weighted by molar-refractivity contribution is 5.92. The third kappa shape index (κ3) is 3.23. The largest absolute Gasteiger partial charge is 0.506 e. The normalized spacial score (nSPS) is 18.8. The lowest BCUT2D eigenvalue weighted by atomic mass is 10.0. The van der Waals surface area contributed by atoms with Crippen molar-refractivity contribution in [2.24, 2.45) is 5.92 Å². The van der Waals surface area contributed by atoms with Crippen LogP contribution in [0.2, 0.25) is 0 Å². The summed E-state index contributed by atoms with van der Waals surface area (Å²) in [6, 6.07) is 5.33. The van der Waals surface area contributed by atoms with Gasteiger partial charge >= 0.3 is 0 Å². The van der Waals surface area contributed by atoms with E-state index in [-0.39, 0.29) is 11.7 Å². The van der Waals surface area contributed by atoms with Gasteiger partial charge in [0.1, 0.15) is 5.75 Å². The Morgan fingerprint density at radius 1 is 1.56 bits per heavy atom. The first-order valence-electron chi connectivity index (χ1n) is 6.51. The molecule has 1 aromatic carbocycles. The molecule has 3 N–H and O–H groups in total. The average Bonchev–Trinajstić information content (AvgIpc) is 2.84. The van der Waals surface area contributed by atoms with Crippen molar-refractivity contribution in [2.75, 3.05) is 18.4 Å². The summed E-state index contributed by atoms with van der Waals surface area (Å²) in [5, 5.41) is 15.8. The standard InChI is InChI=1S/C14H20N2O2/c1-2-10-3-4-13(17)12(7-10)16-14(18)8-11-5-6-15-9-11/h3-4,7,11,15,17H,2,5-6,8-9H2,1H3,(H,16,18). The molecule has 1 aliphatic rings. The number of anilines is 1. The van der Waals surface area contributed by atoms with Gasteiger partial charge in [-0.15, -0.1) is 0 Å². The summed E-state index contributed by atoms with van der Waals surface area (Å²) in [5.74, 6) is 0.527. The molecule has 1 unspecified atom stereocenters. The maximum atomic E-state index is 11.9. The highest BCUT2D eigenvalue weighted by atomic mass is 16.3. The molecule has 1 atom stereocenters. The molecule has 4 nitrogen and oxygen atoms in total. The van der Waals surface area contributed by atoms with E-state index in [2.05, 4.69) is 10.6 Å². The molecule has 1 amide bonds. The summed E-state index contributed by atoms with van der Waals surface area (Å²) in [4.78, 5) is 11.9. The third-order valence-corrected chi connectivity index (χ3v) is 3.38. The molecule has 0 spiro atoms. The van der Waals surface area contributed by atoms with Crippen molar-refractivity contribution >= 4 is 11.6 Å². The lowest BCUT2D eigenvalue weighted by Gasteiger charge is -2.11. The molecule has 1 aromatic rings. The molecule has 1 saturated heterocycles. The fourth-order valence-corrected chi connectivity index (χ4v) is 2.26. The van der Waals surface area contributed by atoms with Gasteiger partial charge in [0.15, 0.2) is 0 Å². The van der Waals surface area contributed by atoms with Gasteiger partial charge in [0.2, 0.25) is 5.91 Å². The Balaban J connectivity index is 1.97. The summed E-state index contributed by atoms with van der Waals surface area (Å²) in [6.07, 6.45) is 2.45. The van der Waals surface area contributed by atoms with Gasteiger partial charge in [-0.1, -0.05) is 13.0 Å². The average molecular weight is 248 g/mol. The highest BCUT2D eigenvalue weighted by Gasteiger charge is 2.18. The number of nitrogens with one attached hydrogen (secondary N) is 2. The zero-order valence-corrected chi connectivity index (χ0v) is 10.7. The van der Waals surface area contributed by atoms with E-state index in [1.165, 1.54) is 0 Å². The van der Waals surface area contributed by atoms with Gasteiger partial charge in [0, 0.05) is 6.42 Å². The predicted octanol–water partition coefficient (Wildman–Crippen LogP) is 1.89. The fraction of sp³-hybridized carbons (Fsp3) is 0.500. The molecule has 0 radical (unpaired) electrons. The molecule has 18 heavy (non-hydrogen) atoms. The first-order chi connectivity index (χ1) is 8.69. The number of hydrogen-bond acceptors (Lipinski definition) is 3. The molecule has 98 valence electrons. The van der Waals surface area contributed by atoms with E-state index >= 15 is 0 Å². The van der Waals surface area contributed by atoms with E-state index in [0.717, 1.165) is 31.5 Å². The molecule has 1 fully saturated rings. The van der Waals surface area contributed by atoms with Crippen molar-refractivity contribution in [2.45, 2.75) is 26.2 Å². The van der Waals surface area contributed by atoms with E-state index in [1.54, 1.807) is 6.07 Å². The summed E-state index contributed by atoms with van der Waals surface area (Å²) in [6.45, 7) is 3.95. The van der Waals surface area contributed by atoms with Crippen molar-refractivity contribution in [1.82, 2.24) is 5.32 Å². The van der Waals surface area contributed by atoms with Crippen LogP contribution in [-0.2, 0) is 11.2 Å². The van der Waals surface area contributed by atoms with Crippen LogP contribution in [0.3, 0.4) is 0 Å². The van der Waals surface area contributed by atoms with Gasteiger partial charge in [-0.3, -0.25) is 4.79 Å². The van der Waals surface area contributed by atoms with E-state index in [9.17, 15) is 9.90 Å². The van der Waals surface area contributed by atoms with Gasteiger partial charge < -0.3 is 15.7 Å². The first-order valence-corrected chi connectivity index (χ1v) is 6.51. The Bertz CT molecular complexity index is 426. The van der Waals surface area contributed by atoms with Crippen LogP contribution in [0.5, 0.6) is 5.75 Å². The molecule has 0 saturated carbocycles. The second-order valence-corrected chi connectivity index (χ2v) is 4.82. The Morgan fingerprint density at radius 2 is 2.39 bits per heavy atom. The van der Waals surface area contributed by atoms with E-state index in [4.69, 9.17) is 0 Å². The minimum atomic E-state index is -0.0211. The van der Waals surface area contributed by atoms with E-state index in [1.807, 2.05) is 19.1 Å². The van der Waals surface area contributed by atoms with Crippen LogP contribution in [0.1, 0.15) is 25.3 Å². The second-order valence-electron chi connectivity index (χ2n) is 4.82. The molecular formula is C14H20N2O2. The Kier molecular flexibility index (Phi) is 4.20. The zero-order chi connectivity index (χ0) is 13.0. The summed E-state index contributed by atoms with van der Waals surface area (Å²) in [7, 11) is 0. The minimum absolute atomic E-state index is 0.0211. The smallest absolute Gasteiger partial charge is 0.224 e. The maximum Gasteiger partial charge on any atom is 0.224 e. The number of aromatic hydroxyl groups is 1. The van der Waals surface area contributed by atoms with Crippen molar-refractivity contribution in [1.29, 1.82) is 0 Å². The molecule has 0 bridgehead atoms. The monoisotopic (exact) mass is 248 g/mol. The van der Waals surface area contributed by atoms with Gasteiger partial charge in [-0.2, -0.15) is 0 Å². The lowest BCUT2D eigenvalue weighted by Crippen LogP contribution is -2.18. The van der Waals surface area contributed by atoms with Crippen LogP contribution in [-0.4, -0.2) is 24.1 Å². The SMILES string of the molecule is CCc1ccc(O)c(NC(=O)CC2CCNC2)c1. The number of aryl methyl sites for hydroxylation is 1. The number of carbonyl (C=O) groups is 1. The van der Waals surface area contributed by atoms with Gasteiger partial charge in [-0.25, -0.2) is 0 Å². The van der Waals surface area contributed by atoms with Crippen LogP contribution >= 0.6 is 0 Å². The van der Waals surface area contributed by atoms with Crippen LogP contribution in [0.25, 0.3) is 0 Å².